The van der Waals surface area contributed by atoms with Crippen LogP contribution in [0.4, 0.5) is 17.6 Å². The lowest BCUT2D eigenvalue weighted by molar-refractivity contribution is 0.345. The topological polar surface area (TPSA) is 66.4 Å². The summed E-state index contributed by atoms with van der Waals surface area (Å²) >= 11 is 0. The first kappa shape index (κ1) is 15.3. The molecule has 0 unspecified atom stereocenters. The minimum Gasteiger partial charge on any atom is -0.744 e. The van der Waals surface area contributed by atoms with E-state index in [9.17, 15) is 30.5 Å². The van der Waals surface area contributed by atoms with Crippen LogP contribution in [0.5, 0.6) is 11.5 Å². The minimum atomic E-state index is -5.73. The molecule has 0 aliphatic carbocycles. The Bertz CT molecular complexity index is 762. The molecule has 0 fully saturated rings. The molecule has 2 rings (SSSR count). The Hall–Kier alpha value is -2.13. The van der Waals surface area contributed by atoms with Gasteiger partial charge in [-0.15, -0.1) is 0 Å². The molecule has 0 aliphatic rings. The molecule has 0 aliphatic heterocycles. The van der Waals surface area contributed by atoms with Gasteiger partial charge in [0.2, 0.25) is 17.4 Å². The first-order valence-corrected chi connectivity index (χ1v) is 6.69. The maximum absolute atomic E-state index is 13.6. The van der Waals surface area contributed by atoms with E-state index in [0.717, 1.165) is 0 Å². The van der Waals surface area contributed by atoms with Gasteiger partial charge in [0, 0.05) is 0 Å². The largest absolute Gasteiger partial charge is 0.744 e. The van der Waals surface area contributed by atoms with Gasteiger partial charge >= 0.3 is 0 Å². The third-order valence-electron chi connectivity index (χ3n) is 2.40. The fourth-order valence-electron chi connectivity index (χ4n) is 1.51. The third-order valence-corrected chi connectivity index (χ3v) is 3.25. The summed E-state index contributed by atoms with van der Waals surface area (Å²) in [5, 5.41) is 0. The molecule has 21 heavy (non-hydrogen) atoms. The number of rotatable bonds is 3. The summed E-state index contributed by atoms with van der Waals surface area (Å²) in [7, 11) is -5.73. The van der Waals surface area contributed by atoms with E-state index in [1.54, 1.807) is 6.07 Å². The fourth-order valence-corrected chi connectivity index (χ4v) is 2.13. The van der Waals surface area contributed by atoms with Crippen molar-refractivity contribution < 1.29 is 35.3 Å². The van der Waals surface area contributed by atoms with Crippen LogP contribution in [0.3, 0.4) is 0 Å². The second-order valence-electron chi connectivity index (χ2n) is 3.78. The third kappa shape index (κ3) is 2.83. The first-order valence-electron chi connectivity index (χ1n) is 5.28. The molecule has 0 N–H and O–H groups in total. The molecule has 4 nitrogen and oxygen atoms in total. The van der Waals surface area contributed by atoms with Crippen LogP contribution in [0.15, 0.2) is 35.2 Å². The van der Waals surface area contributed by atoms with Gasteiger partial charge in [0.15, 0.2) is 11.6 Å². The smallest absolute Gasteiger partial charge is 0.205 e. The number of ether oxygens (including phenoxy) is 1. The monoisotopic (exact) mass is 321 g/mol. The minimum absolute atomic E-state index is 0.146. The highest BCUT2D eigenvalue weighted by Gasteiger charge is 2.30. The van der Waals surface area contributed by atoms with Crippen molar-refractivity contribution in [3.05, 3.63) is 53.6 Å². The zero-order chi connectivity index (χ0) is 15.8. The van der Waals surface area contributed by atoms with Gasteiger partial charge in [-0.2, -0.15) is 8.78 Å². The maximum atomic E-state index is 13.6. The van der Waals surface area contributed by atoms with Crippen molar-refractivity contribution in [1.29, 1.82) is 0 Å². The van der Waals surface area contributed by atoms with E-state index in [2.05, 4.69) is 4.74 Å². The summed E-state index contributed by atoms with van der Waals surface area (Å²) in [6.45, 7) is 0. The molecule has 0 saturated heterocycles. The summed E-state index contributed by atoms with van der Waals surface area (Å²) in [4.78, 5) is -2.22. The number of hydrogen-bond acceptors (Lipinski definition) is 4. The molecular weight excluding hydrogens is 316 g/mol. The lowest BCUT2D eigenvalue weighted by Crippen LogP contribution is -2.11. The van der Waals surface area contributed by atoms with Crippen LogP contribution in [-0.2, 0) is 10.1 Å². The molecular formula is C12H5F4O4S-. The predicted molar refractivity (Wildman–Crippen MR) is 60.8 cm³/mol. The molecule has 0 radical (unpaired) electrons. The highest BCUT2D eigenvalue weighted by atomic mass is 32.2. The van der Waals surface area contributed by atoms with Gasteiger partial charge in [0.25, 0.3) is 0 Å². The molecule has 0 spiro atoms. The normalized spacial score (nSPS) is 11.5. The zero-order valence-electron chi connectivity index (χ0n) is 9.94. The molecule has 0 atom stereocenters. The second-order valence-corrected chi connectivity index (χ2v) is 5.10. The molecule has 0 amide bonds. The molecule has 0 aromatic heterocycles. The standard InChI is InChI=1S/C12H6F4O4S/c13-7-9(15)12(21(17,18)19)10(16)8(14)11(7)20-6-4-2-1-3-5-6/h1-5H,(H,17,18,19)/p-1. The Balaban J connectivity index is 2.65. The van der Waals surface area contributed by atoms with E-state index in [1.165, 1.54) is 24.3 Å². The summed E-state index contributed by atoms with van der Waals surface area (Å²) in [5.41, 5.74) is 0. The first-order chi connectivity index (χ1) is 9.73. The van der Waals surface area contributed by atoms with Crippen molar-refractivity contribution >= 4 is 10.1 Å². The van der Waals surface area contributed by atoms with E-state index in [-0.39, 0.29) is 5.75 Å². The van der Waals surface area contributed by atoms with Crippen molar-refractivity contribution in [1.82, 2.24) is 0 Å². The Morgan fingerprint density at radius 1 is 0.857 bits per heavy atom. The lowest BCUT2D eigenvalue weighted by Gasteiger charge is -2.14. The van der Waals surface area contributed by atoms with Crippen molar-refractivity contribution in [2.75, 3.05) is 0 Å². The number of benzene rings is 2. The summed E-state index contributed by atoms with van der Waals surface area (Å²) in [6, 6.07) is 6.89. The zero-order valence-corrected chi connectivity index (χ0v) is 10.8. The summed E-state index contributed by atoms with van der Waals surface area (Å²) in [6.07, 6.45) is 0. The molecule has 112 valence electrons. The molecule has 0 heterocycles. The van der Waals surface area contributed by atoms with Crippen LogP contribution < -0.4 is 4.74 Å². The molecule has 9 heteroatoms. The fraction of sp³-hybridized carbons (Fsp3) is 0. The quantitative estimate of drug-likeness (QED) is 0.495. The average Bonchev–Trinajstić information content (AvgIpc) is 2.41. The lowest BCUT2D eigenvalue weighted by atomic mass is 10.2. The number of hydrogen-bond donors (Lipinski definition) is 0. The van der Waals surface area contributed by atoms with Crippen molar-refractivity contribution in [3.8, 4) is 11.5 Å². The van der Waals surface area contributed by atoms with Gasteiger partial charge in [0.05, 0.1) is 0 Å². The van der Waals surface area contributed by atoms with Gasteiger partial charge in [0.1, 0.15) is 20.8 Å². The van der Waals surface area contributed by atoms with Gasteiger partial charge in [-0.3, -0.25) is 0 Å². The van der Waals surface area contributed by atoms with E-state index in [4.69, 9.17) is 0 Å². The van der Waals surface area contributed by atoms with Crippen LogP contribution in [-0.4, -0.2) is 13.0 Å². The van der Waals surface area contributed by atoms with Crippen LogP contribution in [0.25, 0.3) is 0 Å². The van der Waals surface area contributed by atoms with E-state index in [1.807, 2.05) is 0 Å². The Morgan fingerprint density at radius 3 is 1.76 bits per heavy atom. The van der Waals surface area contributed by atoms with Crippen molar-refractivity contribution in [2.45, 2.75) is 4.90 Å². The highest BCUT2D eigenvalue weighted by Crippen LogP contribution is 2.34. The summed E-state index contributed by atoms with van der Waals surface area (Å²) in [5.74, 6) is -10.5. The molecule has 0 bridgehead atoms. The van der Waals surface area contributed by atoms with Crippen LogP contribution in [0.2, 0.25) is 0 Å². The number of para-hydroxylation sites is 1. The van der Waals surface area contributed by atoms with Crippen LogP contribution in [0, 0.1) is 23.3 Å². The average molecular weight is 321 g/mol. The van der Waals surface area contributed by atoms with E-state index >= 15 is 0 Å². The van der Waals surface area contributed by atoms with Gasteiger partial charge in [-0.05, 0) is 12.1 Å². The predicted octanol–water partition coefficient (Wildman–Crippen LogP) is 2.94. The number of halogens is 4. The molecule has 2 aromatic rings. The summed E-state index contributed by atoms with van der Waals surface area (Å²) < 4.78 is 90.7. The SMILES string of the molecule is O=S(=O)([O-])c1c(F)c(F)c(Oc2ccccc2)c(F)c1F. The van der Waals surface area contributed by atoms with Gasteiger partial charge in [-0.25, -0.2) is 17.2 Å². The highest BCUT2D eigenvalue weighted by molar-refractivity contribution is 7.85. The Labute approximate surface area is 116 Å². The van der Waals surface area contributed by atoms with Crippen LogP contribution >= 0.6 is 0 Å². The molecule has 0 saturated carbocycles. The van der Waals surface area contributed by atoms with Crippen molar-refractivity contribution in [2.24, 2.45) is 0 Å². The van der Waals surface area contributed by atoms with Crippen molar-refractivity contribution in [3.63, 3.8) is 0 Å². The Kier molecular flexibility index (Phi) is 3.88. The van der Waals surface area contributed by atoms with Gasteiger partial charge in [-0.1, -0.05) is 18.2 Å². The van der Waals surface area contributed by atoms with E-state index < -0.39 is 44.0 Å². The Morgan fingerprint density at radius 2 is 1.33 bits per heavy atom. The maximum Gasteiger partial charge on any atom is 0.205 e. The van der Waals surface area contributed by atoms with E-state index in [0.29, 0.717) is 0 Å². The molecule has 2 aromatic carbocycles. The van der Waals surface area contributed by atoms with Crippen LogP contribution in [0.1, 0.15) is 0 Å². The second kappa shape index (κ2) is 5.34. The van der Waals surface area contributed by atoms with Gasteiger partial charge < -0.3 is 9.29 Å².